The Labute approximate surface area is 108 Å². The van der Waals surface area contributed by atoms with Crippen LogP contribution in [0.5, 0.6) is 5.75 Å². The zero-order chi connectivity index (χ0) is 13.8. The van der Waals surface area contributed by atoms with Gasteiger partial charge in [-0.25, -0.2) is 9.37 Å². The van der Waals surface area contributed by atoms with Gasteiger partial charge in [-0.3, -0.25) is 10.1 Å². The summed E-state index contributed by atoms with van der Waals surface area (Å²) in [4.78, 5) is 14.3. The Kier molecular flexibility index (Phi) is 3.74. The number of nitro benzene ring substituents is 1. The molecule has 100 valence electrons. The van der Waals surface area contributed by atoms with Crippen molar-refractivity contribution in [2.75, 3.05) is 6.61 Å². The Bertz CT molecular complexity index is 598. The summed E-state index contributed by atoms with van der Waals surface area (Å²) >= 11 is 0. The third kappa shape index (κ3) is 3.06. The van der Waals surface area contributed by atoms with Gasteiger partial charge in [0.2, 0.25) is 0 Å². The summed E-state index contributed by atoms with van der Waals surface area (Å²) < 4.78 is 20.2. The fraction of sp³-hybridized carbons (Fsp3) is 0.250. The van der Waals surface area contributed by atoms with Crippen LogP contribution < -0.4 is 4.74 Å². The zero-order valence-electron chi connectivity index (χ0n) is 10.2. The van der Waals surface area contributed by atoms with Gasteiger partial charge in [0.25, 0.3) is 0 Å². The van der Waals surface area contributed by atoms with Crippen molar-refractivity contribution in [3.8, 4) is 5.75 Å². The maximum atomic E-state index is 13.1. The number of imidazole rings is 1. The van der Waals surface area contributed by atoms with Gasteiger partial charge < -0.3 is 9.30 Å². The number of aromatic nitrogens is 2. The largest absolute Gasteiger partial charge is 0.486 e. The van der Waals surface area contributed by atoms with Crippen LogP contribution in [-0.2, 0) is 13.5 Å². The van der Waals surface area contributed by atoms with E-state index in [1.165, 1.54) is 0 Å². The Hall–Kier alpha value is -2.44. The molecule has 7 heteroatoms. The molecule has 0 amide bonds. The van der Waals surface area contributed by atoms with Gasteiger partial charge in [-0.2, -0.15) is 0 Å². The summed E-state index contributed by atoms with van der Waals surface area (Å²) in [5.41, 5.74) is -0.249. The van der Waals surface area contributed by atoms with Crippen LogP contribution in [0.4, 0.5) is 10.1 Å². The lowest BCUT2D eigenvalue weighted by Gasteiger charge is -2.06. The third-order valence-electron chi connectivity index (χ3n) is 2.62. The average Bonchev–Trinajstić information content (AvgIpc) is 2.75. The number of benzene rings is 1. The van der Waals surface area contributed by atoms with Crippen molar-refractivity contribution in [1.29, 1.82) is 0 Å². The summed E-state index contributed by atoms with van der Waals surface area (Å²) in [5, 5.41) is 10.8. The smallest absolute Gasteiger partial charge is 0.311 e. The first-order chi connectivity index (χ1) is 9.08. The molecule has 0 saturated heterocycles. The number of hydrogen-bond donors (Lipinski definition) is 0. The molecule has 1 aromatic heterocycles. The van der Waals surface area contributed by atoms with Gasteiger partial charge in [0, 0.05) is 38.0 Å². The van der Waals surface area contributed by atoms with Crippen LogP contribution in [0.1, 0.15) is 5.82 Å². The van der Waals surface area contributed by atoms with Gasteiger partial charge in [-0.1, -0.05) is 0 Å². The number of nitrogens with zero attached hydrogens (tertiary/aromatic N) is 3. The minimum atomic E-state index is -0.602. The van der Waals surface area contributed by atoms with E-state index in [2.05, 4.69) is 4.98 Å². The zero-order valence-corrected chi connectivity index (χ0v) is 10.2. The molecule has 0 N–H and O–H groups in total. The highest BCUT2D eigenvalue weighted by atomic mass is 19.1. The standard InChI is InChI=1S/C12H12FN3O3/c1-15-6-5-14-12(15)4-7-19-11-8-9(13)2-3-10(11)16(17)18/h2-3,5-6,8H,4,7H2,1H3. The Morgan fingerprint density at radius 2 is 2.32 bits per heavy atom. The molecule has 0 spiro atoms. The van der Waals surface area contributed by atoms with Crippen LogP contribution in [0, 0.1) is 15.9 Å². The van der Waals surface area contributed by atoms with E-state index in [0.29, 0.717) is 6.42 Å². The van der Waals surface area contributed by atoms with E-state index in [4.69, 9.17) is 4.74 Å². The fourth-order valence-electron chi connectivity index (χ4n) is 1.64. The molecule has 0 bridgehead atoms. The molecule has 0 aliphatic carbocycles. The summed E-state index contributed by atoms with van der Waals surface area (Å²) in [5.74, 6) is 0.149. The van der Waals surface area contributed by atoms with Crippen molar-refractivity contribution < 1.29 is 14.1 Å². The van der Waals surface area contributed by atoms with Crippen LogP contribution in [0.25, 0.3) is 0 Å². The van der Waals surface area contributed by atoms with Gasteiger partial charge in [0.15, 0.2) is 5.75 Å². The van der Waals surface area contributed by atoms with E-state index in [-0.39, 0.29) is 18.0 Å². The number of ether oxygens (including phenoxy) is 1. The molecule has 0 radical (unpaired) electrons. The van der Waals surface area contributed by atoms with Gasteiger partial charge in [-0.15, -0.1) is 0 Å². The van der Waals surface area contributed by atoms with Crippen LogP contribution >= 0.6 is 0 Å². The quantitative estimate of drug-likeness (QED) is 0.613. The molecule has 0 atom stereocenters. The number of nitro groups is 1. The highest BCUT2D eigenvalue weighted by Gasteiger charge is 2.15. The van der Waals surface area contributed by atoms with Crippen molar-refractivity contribution in [2.24, 2.45) is 7.05 Å². The van der Waals surface area contributed by atoms with Crippen molar-refractivity contribution in [1.82, 2.24) is 9.55 Å². The van der Waals surface area contributed by atoms with E-state index < -0.39 is 10.7 Å². The van der Waals surface area contributed by atoms with E-state index >= 15 is 0 Å². The van der Waals surface area contributed by atoms with Gasteiger partial charge in [-0.05, 0) is 6.07 Å². The first kappa shape index (κ1) is 13.0. The molecule has 0 fully saturated rings. The van der Waals surface area contributed by atoms with Gasteiger partial charge >= 0.3 is 5.69 Å². The average molecular weight is 265 g/mol. The molecule has 1 aromatic carbocycles. The monoisotopic (exact) mass is 265 g/mol. The summed E-state index contributed by atoms with van der Waals surface area (Å²) in [6.07, 6.45) is 3.93. The third-order valence-corrected chi connectivity index (χ3v) is 2.62. The number of hydrogen-bond acceptors (Lipinski definition) is 4. The maximum absolute atomic E-state index is 13.1. The van der Waals surface area contributed by atoms with Crippen molar-refractivity contribution in [3.63, 3.8) is 0 Å². The van der Waals surface area contributed by atoms with E-state index in [9.17, 15) is 14.5 Å². The lowest BCUT2D eigenvalue weighted by Crippen LogP contribution is -2.07. The van der Waals surface area contributed by atoms with Gasteiger partial charge in [0.1, 0.15) is 11.6 Å². The number of halogens is 1. The lowest BCUT2D eigenvalue weighted by molar-refractivity contribution is -0.385. The highest BCUT2D eigenvalue weighted by molar-refractivity contribution is 5.46. The van der Waals surface area contributed by atoms with E-state index in [1.54, 1.807) is 12.4 Å². The van der Waals surface area contributed by atoms with Crippen LogP contribution in [0.3, 0.4) is 0 Å². The number of aryl methyl sites for hydroxylation is 1. The molecule has 0 aliphatic heterocycles. The summed E-state index contributed by atoms with van der Waals surface area (Å²) in [6, 6.07) is 3.13. The maximum Gasteiger partial charge on any atom is 0.311 e. The molecule has 2 aromatic rings. The molecule has 0 aliphatic rings. The van der Waals surface area contributed by atoms with Gasteiger partial charge in [0.05, 0.1) is 11.5 Å². The Balaban J connectivity index is 2.05. The minimum Gasteiger partial charge on any atom is -0.486 e. The topological polar surface area (TPSA) is 70.2 Å². The second-order valence-electron chi connectivity index (χ2n) is 3.92. The highest BCUT2D eigenvalue weighted by Crippen LogP contribution is 2.27. The minimum absolute atomic E-state index is 0.0702. The lowest BCUT2D eigenvalue weighted by atomic mass is 10.3. The van der Waals surface area contributed by atoms with E-state index in [1.807, 2.05) is 11.6 Å². The molecule has 6 nitrogen and oxygen atoms in total. The molecule has 2 rings (SSSR count). The van der Waals surface area contributed by atoms with Crippen LogP contribution in [-0.4, -0.2) is 21.1 Å². The molecule has 0 saturated carbocycles. The Morgan fingerprint density at radius 3 is 2.95 bits per heavy atom. The molecular formula is C12H12FN3O3. The predicted octanol–water partition coefficient (Wildman–Crippen LogP) is 2.09. The normalized spacial score (nSPS) is 10.4. The summed E-state index contributed by atoms with van der Waals surface area (Å²) in [7, 11) is 1.84. The molecule has 19 heavy (non-hydrogen) atoms. The summed E-state index contributed by atoms with van der Waals surface area (Å²) in [6.45, 7) is 0.190. The van der Waals surface area contributed by atoms with Crippen molar-refractivity contribution in [3.05, 3.63) is 52.3 Å². The second-order valence-corrected chi connectivity index (χ2v) is 3.92. The fourth-order valence-corrected chi connectivity index (χ4v) is 1.64. The number of rotatable bonds is 5. The first-order valence-corrected chi connectivity index (χ1v) is 5.61. The second kappa shape index (κ2) is 5.47. The molecule has 1 heterocycles. The SMILES string of the molecule is Cn1ccnc1CCOc1cc(F)ccc1[N+](=O)[O-]. The molecular weight excluding hydrogens is 253 g/mol. The van der Waals surface area contributed by atoms with Crippen LogP contribution in [0.2, 0.25) is 0 Å². The van der Waals surface area contributed by atoms with Crippen molar-refractivity contribution >= 4 is 5.69 Å². The Morgan fingerprint density at radius 1 is 1.53 bits per heavy atom. The van der Waals surface area contributed by atoms with Crippen molar-refractivity contribution in [2.45, 2.75) is 6.42 Å². The predicted molar refractivity (Wildman–Crippen MR) is 65.5 cm³/mol. The van der Waals surface area contributed by atoms with Crippen LogP contribution in [0.15, 0.2) is 30.6 Å². The molecule has 0 unspecified atom stereocenters. The first-order valence-electron chi connectivity index (χ1n) is 5.61. The van der Waals surface area contributed by atoms with E-state index in [0.717, 1.165) is 24.0 Å².